The van der Waals surface area contributed by atoms with Crippen LogP contribution >= 0.6 is 0 Å². The largest absolute Gasteiger partial charge is 0.481 e. The van der Waals surface area contributed by atoms with Crippen molar-refractivity contribution in [3.05, 3.63) is 0 Å². The number of aliphatic carboxylic acids is 1. The summed E-state index contributed by atoms with van der Waals surface area (Å²) in [4.78, 5) is 21.2. The molecule has 1 aliphatic heterocycles. The number of carboxylic acid groups (broad SMARTS) is 1. The maximum absolute atomic E-state index is 10.9. The molecule has 74 valence electrons. The van der Waals surface area contributed by atoms with Gasteiger partial charge in [0, 0.05) is 18.9 Å². The summed E-state index contributed by atoms with van der Waals surface area (Å²) in [5.41, 5.74) is 0. The Labute approximate surface area is 77.3 Å². The standard InChI is InChI=1S/C9H15NO3/c1-6(2-5-9(12)13)7-3-4-8(11)10-7/h6-7H,2-5H2,1H3,(H,10,11)(H,12,13). The highest BCUT2D eigenvalue weighted by Gasteiger charge is 2.25. The van der Waals surface area contributed by atoms with Gasteiger partial charge in [0.15, 0.2) is 0 Å². The second-order valence-corrected chi connectivity index (χ2v) is 3.62. The van der Waals surface area contributed by atoms with Gasteiger partial charge in [0.05, 0.1) is 0 Å². The van der Waals surface area contributed by atoms with Crippen LogP contribution in [0.3, 0.4) is 0 Å². The maximum Gasteiger partial charge on any atom is 0.303 e. The van der Waals surface area contributed by atoms with Gasteiger partial charge < -0.3 is 10.4 Å². The first-order valence-electron chi connectivity index (χ1n) is 4.60. The molecule has 1 rings (SSSR count). The fourth-order valence-corrected chi connectivity index (χ4v) is 1.62. The molecule has 4 nitrogen and oxygen atoms in total. The third-order valence-electron chi connectivity index (χ3n) is 2.53. The monoisotopic (exact) mass is 185 g/mol. The van der Waals surface area contributed by atoms with E-state index in [9.17, 15) is 9.59 Å². The lowest BCUT2D eigenvalue weighted by molar-refractivity contribution is -0.137. The quantitative estimate of drug-likeness (QED) is 0.679. The molecule has 2 unspecified atom stereocenters. The predicted molar refractivity (Wildman–Crippen MR) is 47.2 cm³/mol. The molecule has 0 saturated carbocycles. The fourth-order valence-electron chi connectivity index (χ4n) is 1.62. The molecule has 1 aliphatic rings. The van der Waals surface area contributed by atoms with E-state index in [1.807, 2.05) is 6.92 Å². The second kappa shape index (κ2) is 4.25. The average molecular weight is 185 g/mol. The van der Waals surface area contributed by atoms with Crippen molar-refractivity contribution in [2.75, 3.05) is 0 Å². The molecule has 1 heterocycles. The molecular formula is C9H15NO3. The summed E-state index contributed by atoms with van der Waals surface area (Å²) >= 11 is 0. The molecule has 4 heteroatoms. The zero-order chi connectivity index (χ0) is 9.84. The van der Waals surface area contributed by atoms with Crippen molar-refractivity contribution < 1.29 is 14.7 Å². The maximum atomic E-state index is 10.9. The Bertz CT molecular complexity index is 215. The van der Waals surface area contributed by atoms with Crippen LogP contribution in [0.2, 0.25) is 0 Å². The minimum absolute atomic E-state index is 0.0900. The van der Waals surface area contributed by atoms with Crippen LogP contribution in [0, 0.1) is 5.92 Å². The van der Waals surface area contributed by atoms with Gasteiger partial charge in [-0.3, -0.25) is 9.59 Å². The summed E-state index contributed by atoms with van der Waals surface area (Å²) in [7, 11) is 0. The first-order valence-corrected chi connectivity index (χ1v) is 4.60. The molecule has 0 aliphatic carbocycles. The van der Waals surface area contributed by atoms with Crippen LogP contribution in [0.15, 0.2) is 0 Å². The predicted octanol–water partition coefficient (Wildman–Crippen LogP) is 0.766. The van der Waals surface area contributed by atoms with Gasteiger partial charge in [0.2, 0.25) is 5.91 Å². The number of carbonyl (C=O) groups is 2. The molecule has 0 aromatic carbocycles. The van der Waals surface area contributed by atoms with Crippen LogP contribution in [0.4, 0.5) is 0 Å². The van der Waals surface area contributed by atoms with Crippen molar-refractivity contribution in [2.24, 2.45) is 5.92 Å². The van der Waals surface area contributed by atoms with E-state index >= 15 is 0 Å². The van der Waals surface area contributed by atoms with Crippen molar-refractivity contribution in [2.45, 2.75) is 38.6 Å². The first-order chi connectivity index (χ1) is 6.09. The number of carbonyl (C=O) groups excluding carboxylic acids is 1. The minimum atomic E-state index is -0.767. The molecule has 2 N–H and O–H groups in total. The minimum Gasteiger partial charge on any atom is -0.481 e. The van der Waals surface area contributed by atoms with Gasteiger partial charge in [-0.2, -0.15) is 0 Å². The molecule has 1 saturated heterocycles. The van der Waals surface area contributed by atoms with E-state index in [1.165, 1.54) is 0 Å². The lowest BCUT2D eigenvalue weighted by Crippen LogP contribution is -2.31. The summed E-state index contributed by atoms with van der Waals surface area (Å²) in [6, 6.07) is 0.187. The van der Waals surface area contributed by atoms with E-state index < -0.39 is 5.97 Å². The Hall–Kier alpha value is -1.06. The van der Waals surface area contributed by atoms with Crippen molar-refractivity contribution in [1.29, 1.82) is 0 Å². The number of hydrogen-bond donors (Lipinski definition) is 2. The number of amides is 1. The molecule has 13 heavy (non-hydrogen) atoms. The fraction of sp³-hybridized carbons (Fsp3) is 0.778. The van der Waals surface area contributed by atoms with Gasteiger partial charge in [0.25, 0.3) is 0 Å². The van der Waals surface area contributed by atoms with Gasteiger partial charge in [-0.25, -0.2) is 0 Å². The van der Waals surface area contributed by atoms with Crippen molar-refractivity contribution in [1.82, 2.24) is 5.32 Å². The lowest BCUT2D eigenvalue weighted by Gasteiger charge is -2.17. The Morgan fingerprint density at radius 2 is 2.46 bits per heavy atom. The summed E-state index contributed by atoms with van der Waals surface area (Å²) in [5.74, 6) is -0.411. The van der Waals surface area contributed by atoms with E-state index in [2.05, 4.69) is 5.32 Å². The molecule has 1 amide bonds. The summed E-state index contributed by atoms with van der Waals surface area (Å²) in [6.45, 7) is 1.99. The van der Waals surface area contributed by atoms with Crippen LogP contribution in [-0.2, 0) is 9.59 Å². The zero-order valence-electron chi connectivity index (χ0n) is 7.75. The average Bonchev–Trinajstić information content (AvgIpc) is 2.47. The number of nitrogens with one attached hydrogen (secondary N) is 1. The summed E-state index contributed by atoms with van der Waals surface area (Å²) in [6.07, 6.45) is 2.26. The van der Waals surface area contributed by atoms with Crippen LogP contribution in [0.1, 0.15) is 32.6 Å². The van der Waals surface area contributed by atoms with E-state index in [1.54, 1.807) is 0 Å². The molecule has 0 radical (unpaired) electrons. The van der Waals surface area contributed by atoms with E-state index in [-0.39, 0.29) is 24.3 Å². The van der Waals surface area contributed by atoms with E-state index in [4.69, 9.17) is 5.11 Å². The summed E-state index contributed by atoms with van der Waals surface area (Å²) in [5, 5.41) is 11.3. The van der Waals surface area contributed by atoms with Gasteiger partial charge in [0.1, 0.15) is 0 Å². The molecule has 0 aromatic rings. The number of carboxylic acids is 1. The van der Waals surface area contributed by atoms with Crippen LogP contribution in [0.5, 0.6) is 0 Å². The molecule has 2 atom stereocenters. The molecule has 0 aromatic heterocycles. The molecule has 1 fully saturated rings. The second-order valence-electron chi connectivity index (χ2n) is 3.62. The van der Waals surface area contributed by atoms with Gasteiger partial charge in [-0.05, 0) is 18.8 Å². The number of hydrogen-bond acceptors (Lipinski definition) is 2. The van der Waals surface area contributed by atoms with Gasteiger partial charge in [-0.15, -0.1) is 0 Å². The topological polar surface area (TPSA) is 66.4 Å². The van der Waals surface area contributed by atoms with Crippen molar-refractivity contribution in [3.8, 4) is 0 Å². The lowest BCUT2D eigenvalue weighted by atomic mass is 9.95. The van der Waals surface area contributed by atoms with Crippen molar-refractivity contribution in [3.63, 3.8) is 0 Å². The van der Waals surface area contributed by atoms with Crippen LogP contribution in [-0.4, -0.2) is 23.0 Å². The first kappa shape index (κ1) is 10.0. The van der Waals surface area contributed by atoms with E-state index in [0.717, 1.165) is 6.42 Å². The van der Waals surface area contributed by atoms with Crippen molar-refractivity contribution >= 4 is 11.9 Å². The Morgan fingerprint density at radius 1 is 1.77 bits per heavy atom. The normalized spacial score (nSPS) is 24.1. The third-order valence-corrected chi connectivity index (χ3v) is 2.53. The van der Waals surface area contributed by atoms with Crippen LogP contribution in [0.25, 0.3) is 0 Å². The van der Waals surface area contributed by atoms with E-state index in [0.29, 0.717) is 12.8 Å². The summed E-state index contributed by atoms with van der Waals surface area (Å²) < 4.78 is 0. The Balaban J connectivity index is 2.27. The molecule has 0 spiro atoms. The van der Waals surface area contributed by atoms with Crippen LogP contribution < -0.4 is 5.32 Å². The van der Waals surface area contributed by atoms with Gasteiger partial charge >= 0.3 is 5.97 Å². The van der Waals surface area contributed by atoms with Gasteiger partial charge in [-0.1, -0.05) is 6.92 Å². The molecule has 0 bridgehead atoms. The third kappa shape index (κ3) is 3.05. The number of rotatable bonds is 4. The SMILES string of the molecule is CC(CCC(=O)O)C1CCC(=O)N1. The molecular weight excluding hydrogens is 170 g/mol. The Kier molecular flexibility index (Phi) is 3.28. The smallest absolute Gasteiger partial charge is 0.303 e. The highest BCUT2D eigenvalue weighted by molar-refractivity contribution is 5.78. The highest BCUT2D eigenvalue weighted by Crippen LogP contribution is 2.19. The zero-order valence-corrected chi connectivity index (χ0v) is 7.75. The Morgan fingerprint density at radius 3 is 2.92 bits per heavy atom. The highest BCUT2D eigenvalue weighted by atomic mass is 16.4.